The number of amides is 2. The zero-order valence-corrected chi connectivity index (χ0v) is 16.4. The molecule has 0 saturated heterocycles. The van der Waals surface area contributed by atoms with Crippen LogP contribution in [-0.4, -0.2) is 26.6 Å². The largest absolute Gasteiger partial charge is 0.494 e. The van der Waals surface area contributed by atoms with Crippen molar-refractivity contribution >= 4 is 22.6 Å². The van der Waals surface area contributed by atoms with E-state index < -0.39 is 11.8 Å². The fourth-order valence-electron chi connectivity index (χ4n) is 3.10. The van der Waals surface area contributed by atoms with E-state index in [1.54, 1.807) is 24.3 Å². The van der Waals surface area contributed by atoms with Gasteiger partial charge in [-0.1, -0.05) is 18.2 Å². The molecule has 1 aromatic heterocycles. The molecule has 0 aliphatic rings. The molecule has 2 amide bonds. The number of carbonyl (C=O) groups excluding carboxylic acids is 2. The molecule has 0 unspecified atom stereocenters. The minimum atomic E-state index is -0.730. The summed E-state index contributed by atoms with van der Waals surface area (Å²) in [6, 6.07) is 20.4. The molecule has 0 aliphatic carbocycles. The van der Waals surface area contributed by atoms with E-state index >= 15 is 0 Å². The molecule has 8 nitrogen and oxygen atoms in total. The second-order valence-corrected chi connectivity index (χ2v) is 6.68. The smallest absolute Gasteiger partial charge is 0.295 e. The molecular weight excluding hydrogens is 398 g/mol. The number of azo groups is 1. The van der Waals surface area contributed by atoms with Crippen molar-refractivity contribution in [1.82, 2.24) is 4.57 Å². The van der Waals surface area contributed by atoms with Gasteiger partial charge in [0.25, 0.3) is 11.8 Å². The molecule has 1 heterocycles. The van der Waals surface area contributed by atoms with Gasteiger partial charge in [-0.05, 0) is 54.6 Å². The fraction of sp³-hybridized carbons (Fsp3) is 0.0435. The maximum Gasteiger partial charge on any atom is 0.295 e. The Morgan fingerprint density at radius 3 is 2.13 bits per heavy atom. The Kier molecular flexibility index (Phi) is 5.19. The van der Waals surface area contributed by atoms with E-state index in [4.69, 9.17) is 4.74 Å². The summed E-state index contributed by atoms with van der Waals surface area (Å²) in [4.78, 5) is 23.0. The summed E-state index contributed by atoms with van der Waals surface area (Å²) in [6.07, 6.45) is 0. The second-order valence-electron chi connectivity index (χ2n) is 6.68. The first-order valence-electron chi connectivity index (χ1n) is 9.30. The lowest BCUT2D eigenvalue weighted by molar-refractivity contribution is -0.116. The third-order valence-corrected chi connectivity index (χ3v) is 4.53. The highest BCUT2D eigenvalue weighted by Gasteiger charge is 2.19. The van der Waals surface area contributed by atoms with Crippen LogP contribution in [0.2, 0.25) is 0 Å². The summed E-state index contributed by atoms with van der Waals surface area (Å²) >= 11 is 0. The average molecular weight is 415 g/mol. The first kappa shape index (κ1) is 19.8. The fourth-order valence-corrected chi connectivity index (χ4v) is 3.10. The molecule has 0 fully saturated rings. The van der Waals surface area contributed by atoms with Crippen LogP contribution in [0, 0.1) is 0 Å². The summed E-state index contributed by atoms with van der Waals surface area (Å²) in [5.74, 6) is -0.482. The highest BCUT2D eigenvalue weighted by Crippen LogP contribution is 2.39. The molecule has 4 aromatic rings. The van der Waals surface area contributed by atoms with Crippen molar-refractivity contribution in [2.45, 2.75) is 6.92 Å². The maximum atomic E-state index is 12.1. The Morgan fingerprint density at radius 1 is 0.806 bits per heavy atom. The zero-order valence-electron chi connectivity index (χ0n) is 16.4. The molecule has 2 N–H and O–H groups in total. The summed E-state index contributed by atoms with van der Waals surface area (Å²) in [5.41, 5.74) is 0.618. The standard InChI is InChI=1S/C23H17N3O5/c1-14(27)24-25-21(28)15-7-12-19-20(13-15)23(30)26(22(19)29)16-8-10-18(11-9-16)31-17-5-3-2-4-6-17/h2-13,29-30H,1H3. The maximum absolute atomic E-state index is 12.1. The Labute approximate surface area is 176 Å². The van der Waals surface area contributed by atoms with Crippen LogP contribution in [-0.2, 0) is 4.79 Å². The van der Waals surface area contributed by atoms with Crippen LogP contribution < -0.4 is 4.74 Å². The van der Waals surface area contributed by atoms with Crippen molar-refractivity contribution in [2.75, 3.05) is 0 Å². The molecule has 0 saturated carbocycles. The van der Waals surface area contributed by atoms with Crippen LogP contribution in [0.3, 0.4) is 0 Å². The van der Waals surface area contributed by atoms with E-state index in [-0.39, 0.29) is 22.7 Å². The van der Waals surface area contributed by atoms with E-state index in [0.29, 0.717) is 22.6 Å². The van der Waals surface area contributed by atoms with E-state index in [2.05, 4.69) is 10.2 Å². The topological polar surface area (TPSA) is 113 Å². The quantitative estimate of drug-likeness (QED) is 0.457. The number of carbonyl (C=O) groups is 2. The Balaban J connectivity index is 1.67. The molecule has 31 heavy (non-hydrogen) atoms. The predicted molar refractivity (Wildman–Crippen MR) is 113 cm³/mol. The molecule has 8 heteroatoms. The molecule has 0 bridgehead atoms. The second kappa shape index (κ2) is 8.11. The molecular formula is C23H17N3O5. The number of benzene rings is 3. The Morgan fingerprint density at radius 2 is 1.45 bits per heavy atom. The van der Waals surface area contributed by atoms with Crippen molar-refractivity contribution in [1.29, 1.82) is 0 Å². The van der Waals surface area contributed by atoms with Crippen LogP contribution in [0.25, 0.3) is 16.5 Å². The van der Waals surface area contributed by atoms with Gasteiger partial charge in [0.15, 0.2) is 0 Å². The summed E-state index contributed by atoms with van der Waals surface area (Å²) in [7, 11) is 0. The van der Waals surface area contributed by atoms with Gasteiger partial charge in [0.1, 0.15) is 11.5 Å². The van der Waals surface area contributed by atoms with Crippen molar-refractivity contribution in [3.63, 3.8) is 0 Å². The lowest BCUT2D eigenvalue weighted by Crippen LogP contribution is -1.94. The molecule has 0 spiro atoms. The predicted octanol–water partition coefficient (Wildman–Crippen LogP) is 4.97. The van der Waals surface area contributed by atoms with Gasteiger partial charge in [0.2, 0.25) is 11.8 Å². The number of aromatic hydroxyl groups is 2. The average Bonchev–Trinajstić information content (AvgIpc) is 3.03. The monoisotopic (exact) mass is 415 g/mol. The lowest BCUT2D eigenvalue weighted by Gasteiger charge is -2.09. The van der Waals surface area contributed by atoms with Crippen molar-refractivity contribution in [3.8, 4) is 28.9 Å². The summed E-state index contributed by atoms with van der Waals surface area (Å²) in [6.45, 7) is 1.18. The van der Waals surface area contributed by atoms with Gasteiger partial charge in [0, 0.05) is 23.3 Å². The van der Waals surface area contributed by atoms with E-state index in [1.165, 1.54) is 29.7 Å². The van der Waals surface area contributed by atoms with Gasteiger partial charge >= 0.3 is 0 Å². The Hall–Kier alpha value is -4.46. The number of hydrogen-bond acceptors (Lipinski definition) is 5. The van der Waals surface area contributed by atoms with Crippen molar-refractivity contribution in [3.05, 3.63) is 78.4 Å². The number of para-hydroxylation sites is 1. The number of nitrogens with zero attached hydrogens (tertiary/aromatic N) is 3. The van der Waals surface area contributed by atoms with Gasteiger partial charge in [0.05, 0.1) is 5.69 Å². The van der Waals surface area contributed by atoms with Gasteiger partial charge in [-0.3, -0.25) is 14.2 Å². The molecule has 0 radical (unpaired) electrons. The van der Waals surface area contributed by atoms with Crippen LogP contribution in [0.15, 0.2) is 83.0 Å². The normalized spacial score (nSPS) is 11.1. The van der Waals surface area contributed by atoms with Crippen LogP contribution in [0.5, 0.6) is 23.3 Å². The van der Waals surface area contributed by atoms with Crippen molar-refractivity contribution in [2.24, 2.45) is 10.2 Å². The van der Waals surface area contributed by atoms with Gasteiger partial charge in [-0.2, -0.15) is 0 Å². The summed E-state index contributed by atoms with van der Waals surface area (Å²) < 4.78 is 7.01. The highest BCUT2D eigenvalue weighted by atomic mass is 16.5. The number of rotatable bonds is 4. The first-order chi connectivity index (χ1) is 14.9. The molecule has 0 atom stereocenters. The van der Waals surface area contributed by atoms with Gasteiger partial charge in [-0.25, -0.2) is 0 Å². The number of aromatic nitrogens is 1. The third kappa shape index (κ3) is 3.99. The van der Waals surface area contributed by atoms with Crippen molar-refractivity contribution < 1.29 is 24.5 Å². The van der Waals surface area contributed by atoms with E-state index in [1.807, 2.05) is 30.3 Å². The first-order valence-corrected chi connectivity index (χ1v) is 9.30. The van der Waals surface area contributed by atoms with E-state index in [9.17, 15) is 19.8 Å². The number of hydrogen-bond donors (Lipinski definition) is 2. The third-order valence-electron chi connectivity index (χ3n) is 4.53. The highest BCUT2D eigenvalue weighted by molar-refractivity contribution is 6.02. The minimum absolute atomic E-state index is 0.122. The number of fused-ring (bicyclic) bond motifs is 1. The SMILES string of the molecule is CC(=O)N=NC(=O)c1ccc2c(O)n(-c3ccc(Oc4ccccc4)cc3)c(O)c2c1. The molecule has 4 rings (SSSR count). The van der Waals surface area contributed by atoms with E-state index in [0.717, 1.165) is 0 Å². The van der Waals surface area contributed by atoms with Crippen LogP contribution in [0.1, 0.15) is 17.3 Å². The van der Waals surface area contributed by atoms with Gasteiger partial charge < -0.3 is 14.9 Å². The summed E-state index contributed by atoms with van der Waals surface area (Å²) in [5, 5.41) is 28.5. The molecule has 0 aliphatic heterocycles. The zero-order chi connectivity index (χ0) is 22.0. The number of ether oxygens (including phenoxy) is 1. The molecule has 154 valence electrons. The minimum Gasteiger partial charge on any atom is -0.494 e. The lowest BCUT2D eigenvalue weighted by atomic mass is 10.1. The van der Waals surface area contributed by atoms with Crippen LogP contribution >= 0.6 is 0 Å². The van der Waals surface area contributed by atoms with Gasteiger partial charge in [-0.15, -0.1) is 10.2 Å². The Bertz CT molecular complexity index is 1310. The van der Waals surface area contributed by atoms with Crippen LogP contribution in [0.4, 0.5) is 0 Å². The molecule has 3 aromatic carbocycles.